The van der Waals surface area contributed by atoms with Crippen LogP contribution in [0.2, 0.25) is 0 Å². The van der Waals surface area contributed by atoms with Crippen LogP contribution in [-0.2, 0) is 14.3 Å². The van der Waals surface area contributed by atoms with Crippen molar-refractivity contribution >= 4 is 11.9 Å². The zero-order valence-electron chi connectivity index (χ0n) is 14.4. The van der Waals surface area contributed by atoms with Gasteiger partial charge in [-0.25, -0.2) is 9.59 Å². The van der Waals surface area contributed by atoms with Crippen molar-refractivity contribution in [3.8, 4) is 0 Å². The molecule has 0 bridgehead atoms. The van der Waals surface area contributed by atoms with Gasteiger partial charge in [0.1, 0.15) is 0 Å². The summed E-state index contributed by atoms with van der Waals surface area (Å²) in [5, 5.41) is 7.89. The Morgan fingerprint density at radius 1 is 0.840 bits per heavy atom. The van der Waals surface area contributed by atoms with E-state index in [1.807, 2.05) is 60.7 Å². The van der Waals surface area contributed by atoms with Gasteiger partial charge >= 0.3 is 11.9 Å². The van der Waals surface area contributed by atoms with Gasteiger partial charge in [0, 0.05) is 11.1 Å². The second-order valence-corrected chi connectivity index (χ2v) is 5.47. The molecule has 4 nitrogen and oxygen atoms in total. The van der Waals surface area contributed by atoms with Crippen molar-refractivity contribution in [3.05, 3.63) is 96.1 Å². The first-order valence-corrected chi connectivity index (χ1v) is 7.68. The Labute approximate surface area is 148 Å². The molecule has 0 spiro atoms. The number of ether oxygens (including phenoxy) is 1. The Kier molecular flexibility index (Phi) is 7.87. The number of hydrogen-bond acceptors (Lipinski definition) is 3. The van der Waals surface area contributed by atoms with Crippen molar-refractivity contribution in [2.24, 2.45) is 0 Å². The summed E-state index contributed by atoms with van der Waals surface area (Å²) in [5.41, 5.74) is 2.47. The SMILES string of the molecule is C=C(C)C(=O)O.C=C(C)C(=O)OC(c1ccccc1)c1ccccc1. The van der Waals surface area contributed by atoms with E-state index in [1.165, 1.54) is 6.92 Å². The quantitative estimate of drug-likeness (QED) is 0.642. The summed E-state index contributed by atoms with van der Waals surface area (Å²) in [6.45, 7) is 9.87. The first-order valence-electron chi connectivity index (χ1n) is 7.68. The first kappa shape index (κ1) is 19.9. The maximum absolute atomic E-state index is 11.8. The second-order valence-electron chi connectivity index (χ2n) is 5.47. The molecule has 0 unspecified atom stereocenters. The van der Waals surface area contributed by atoms with Gasteiger partial charge in [0.05, 0.1) is 0 Å². The Morgan fingerprint density at radius 2 is 1.20 bits per heavy atom. The third kappa shape index (κ3) is 6.87. The summed E-state index contributed by atoms with van der Waals surface area (Å²) < 4.78 is 5.55. The highest BCUT2D eigenvalue weighted by Crippen LogP contribution is 2.26. The lowest BCUT2D eigenvalue weighted by Gasteiger charge is -2.18. The minimum atomic E-state index is -0.935. The number of esters is 1. The number of carboxylic acids is 1. The van der Waals surface area contributed by atoms with Gasteiger partial charge in [0.25, 0.3) is 0 Å². The zero-order valence-corrected chi connectivity index (χ0v) is 14.4. The van der Waals surface area contributed by atoms with E-state index < -0.39 is 12.1 Å². The van der Waals surface area contributed by atoms with Crippen molar-refractivity contribution in [1.82, 2.24) is 0 Å². The Hall–Kier alpha value is -3.14. The van der Waals surface area contributed by atoms with Crippen LogP contribution in [0.15, 0.2) is 85.0 Å². The summed E-state index contributed by atoms with van der Waals surface area (Å²) in [6, 6.07) is 19.4. The number of carboxylic acid groups (broad SMARTS) is 1. The monoisotopic (exact) mass is 338 g/mol. The lowest BCUT2D eigenvalue weighted by Crippen LogP contribution is -2.13. The summed E-state index contributed by atoms with van der Waals surface area (Å²) in [7, 11) is 0. The average molecular weight is 338 g/mol. The van der Waals surface area contributed by atoms with E-state index in [9.17, 15) is 9.59 Å². The highest BCUT2D eigenvalue weighted by Gasteiger charge is 2.18. The molecule has 0 heterocycles. The molecule has 2 aromatic rings. The van der Waals surface area contributed by atoms with Crippen LogP contribution >= 0.6 is 0 Å². The predicted octanol–water partition coefficient (Wildman–Crippen LogP) is 4.54. The molecule has 1 N–H and O–H groups in total. The number of hydrogen-bond donors (Lipinski definition) is 1. The molecule has 2 aromatic carbocycles. The largest absolute Gasteiger partial charge is 0.478 e. The van der Waals surface area contributed by atoms with Crippen LogP contribution < -0.4 is 0 Å². The van der Waals surface area contributed by atoms with Crippen molar-refractivity contribution in [3.63, 3.8) is 0 Å². The molecular weight excluding hydrogens is 316 g/mol. The van der Waals surface area contributed by atoms with Crippen LogP contribution in [-0.4, -0.2) is 17.0 Å². The van der Waals surface area contributed by atoms with E-state index in [1.54, 1.807) is 6.92 Å². The van der Waals surface area contributed by atoms with Gasteiger partial charge in [-0.2, -0.15) is 0 Å². The Morgan fingerprint density at radius 3 is 1.48 bits per heavy atom. The van der Waals surface area contributed by atoms with E-state index in [0.717, 1.165) is 11.1 Å². The molecule has 0 saturated heterocycles. The number of carbonyl (C=O) groups excluding carboxylic acids is 1. The highest BCUT2D eigenvalue weighted by atomic mass is 16.5. The van der Waals surface area contributed by atoms with Crippen molar-refractivity contribution < 1.29 is 19.4 Å². The Bertz CT molecular complexity index is 682. The number of aliphatic carboxylic acids is 1. The van der Waals surface area contributed by atoms with Gasteiger partial charge in [-0.1, -0.05) is 73.8 Å². The maximum Gasteiger partial charge on any atom is 0.334 e. The molecule has 25 heavy (non-hydrogen) atoms. The molecule has 0 aliphatic rings. The molecule has 4 heteroatoms. The van der Waals surface area contributed by atoms with E-state index in [0.29, 0.717) is 5.57 Å². The molecular formula is C21H22O4. The van der Waals surface area contributed by atoms with Gasteiger partial charge in [-0.15, -0.1) is 0 Å². The third-order valence-electron chi connectivity index (χ3n) is 3.14. The highest BCUT2D eigenvalue weighted by molar-refractivity contribution is 5.87. The van der Waals surface area contributed by atoms with Crippen LogP contribution in [0.5, 0.6) is 0 Å². The van der Waals surface area contributed by atoms with Crippen molar-refractivity contribution in [1.29, 1.82) is 0 Å². The normalized spacial score (nSPS) is 9.56. The van der Waals surface area contributed by atoms with Crippen LogP contribution in [0.3, 0.4) is 0 Å². The predicted molar refractivity (Wildman–Crippen MR) is 98.1 cm³/mol. The van der Waals surface area contributed by atoms with E-state index in [2.05, 4.69) is 13.2 Å². The van der Waals surface area contributed by atoms with E-state index >= 15 is 0 Å². The van der Waals surface area contributed by atoms with Gasteiger partial charge in [-0.05, 0) is 25.0 Å². The van der Waals surface area contributed by atoms with Gasteiger partial charge < -0.3 is 9.84 Å². The summed E-state index contributed by atoms with van der Waals surface area (Å²) in [6.07, 6.45) is -0.397. The molecule has 0 amide bonds. The van der Waals surface area contributed by atoms with Crippen LogP contribution in [0.25, 0.3) is 0 Å². The van der Waals surface area contributed by atoms with Crippen LogP contribution in [0.4, 0.5) is 0 Å². The van der Waals surface area contributed by atoms with Gasteiger partial charge in [0.2, 0.25) is 0 Å². The molecule has 130 valence electrons. The smallest absolute Gasteiger partial charge is 0.334 e. The standard InChI is InChI=1S/C17H16O2.C4H6O2/c1-13(2)17(18)19-16(14-9-5-3-6-10-14)15-11-7-4-8-12-15;1-3(2)4(5)6/h3-12,16H,1H2,2H3;1H2,2H3,(H,5,6). The lowest BCUT2D eigenvalue weighted by atomic mass is 10.0. The van der Waals surface area contributed by atoms with E-state index in [4.69, 9.17) is 9.84 Å². The fourth-order valence-corrected chi connectivity index (χ4v) is 1.79. The molecule has 0 atom stereocenters. The fourth-order valence-electron chi connectivity index (χ4n) is 1.79. The molecule has 0 fully saturated rings. The van der Waals surface area contributed by atoms with E-state index in [-0.39, 0.29) is 11.5 Å². The number of rotatable bonds is 5. The topological polar surface area (TPSA) is 63.6 Å². The van der Waals surface area contributed by atoms with Crippen molar-refractivity contribution in [2.45, 2.75) is 20.0 Å². The van der Waals surface area contributed by atoms with Gasteiger partial charge in [0.15, 0.2) is 6.10 Å². The minimum absolute atomic E-state index is 0.176. The Balaban J connectivity index is 0.000000450. The number of benzene rings is 2. The zero-order chi connectivity index (χ0) is 18.8. The first-order chi connectivity index (χ1) is 11.8. The molecule has 0 aromatic heterocycles. The molecule has 0 aliphatic carbocycles. The molecule has 0 radical (unpaired) electrons. The summed E-state index contributed by atoms with van der Waals surface area (Å²) in [4.78, 5) is 21.4. The maximum atomic E-state index is 11.8. The second kappa shape index (κ2) is 9.88. The third-order valence-corrected chi connectivity index (χ3v) is 3.14. The molecule has 0 saturated carbocycles. The fraction of sp³-hybridized carbons (Fsp3) is 0.143. The summed E-state index contributed by atoms with van der Waals surface area (Å²) >= 11 is 0. The van der Waals surface area contributed by atoms with Gasteiger partial charge in [-0.3, -0.25) is 0 Å². The summed E-state index contributed by atoms with van der Waals surface area (Å²) in [5.74, 6) is -1.31. The average Bonchev–Trinajstić information content (AvgIpc) is 2.61. The lowest BCUT2D eigenvalue weighted by molar-refractivity contribution is -0.142. The minimum Gasteiger partial charge on any atom is -0.478 e. The molecule has 0 aliphatic heterocycles. The number of carbonyl (C=O) groups is 2. The molecule has 2 rings (SSSR count). The van der Waals surface area contributed by atoms with Crippen LogP contribution in [0.1, 0.15) is 31.1 Å². The van der Waals surface area contributed by atoms with Crippen LogP contribution in [0, 0.1) is 0 Å². The van der Waals surface area contributed by atoms with Crippen molar-refractivity contribution in [2.75, 3.05) is 0 Å².